The van der Waals surface area contributed by atoms with Gasteiger partial charge in [0.15, 0.2) is 0 Å². The Bertz CT molecular complexity index is 459. The van der Waals surface area contributed by atoms with Gasteiger partial charge in [-0.05, 0) is 30.9 Å². The maximum absolute atomic E-state index is 12.2. The minimum Gasteiger partial charge on any atom is -0.328 e. The largest absolute Gasteiger partial charge is 0.328 e. The molecule has 1 aliphatic heterocycles. The zero-order chi connectivity index (χ0) is 12.0. The van der Waals surface area contributed by atoms with Gasteiger partial charge in [0.05, 0.1) is 17.2 Å². The van der Waals surface area contributed by atoms with Gasteiger partial charge in [0.1, 0.15) is 0 Å². The van der Waals surface area contributed by atoms with Crippen molar-refractivity contribution in [1.82, 2.24) is 4.90 Å². The van der Waals surface area contributed by atoms with Crippen molar-refractivity contribution in [2.45, 2.75) is 18.9 Å². The van der Waals surface area contributed by atoms with E-state index in [-0.39, 0.29) is 17.9 Å². The van der Waals surface area contributed by atoms with E-state index >= 15 is 0 Å². The molecule has 17 heavy (non-hydrogen) atoms. The molecule has 0 aromatic heterocycles. The average Bonchev–Trinajstić information content (AvgIpc) is 3.15. The molecule has 1 atom stereocenters. The number of hydrogen-bond donors (Lipinski definition) is 1. The monoisotopic (exact) mass is 230 g/mol. The second-order valence-corrected chi connectivity index (χ2v) is 4.67. The Morgan fingerprint density at radius 2 is 1.71 bits per heavy atom. The highest BCUT2D eigenvalue weighted by Crippen LogP contribution is 2.37. The van der Waals surface area contributed by atoms with Gasteiger partial charge in [0.2, 0.25) is 0 Å². The lowest BCUT2D eigenvalue weighted by Gasteiger charge is -2.24. The summed E-state index contributed by atoms with van der Waals surface area (Å²) in [6.07, 6.45) is 2.13. The minimum absolute atomic E-state index is 0.123. The highest BCUT2D eigenvalue weighted by Gasteiger charge is 2.44. The van der Waals surface area contributed by atoms with Crippen LogP contribution in [0.1, 0.15) is 33.6 Å². The number of hydrogen-bond acceptors (Lipinski definition) is 3. The van der Waals surface area contributed by atoms with Gasteiger partial charge in [0, 0.05) is 6.54 Å². The molecule has 0 bridgehead atoms. The lowest BCUT2D eigenvalue weighted by molar-refractivity contribution is 0.0570. The first-order valence-corrected chi connectivity index (χ1v) is 5.91. The van der Waals surface area contributed by atoms with E-state index in [9.17, 15) is 9.59 Å². The number of benzene rings is 1. The van der Waals surface area contributed by atoms with Gasteiger partial charge in [0.25, 0.3) is 11.8 Å². The fraction of sp³-hybridized carbons (Fsp3) is 0.385. The topological polar surface area (TPSA) is 63.4 Å². The summed E-state index contributed by atoms with van der Waals surface area (Å²) in [5.41, 5.74) is 6.73. The zero-order valence-electron chi connectivity index (χ0n) is 9.43. The summed E-state index contributed by atoms with van der Waals surface area (Å²) in [5, 5.41) is 0. The van der Waals surface area contributed by atoms with Crippen molar-refractivity contribution >= 4 is 11.8 Å². The Balaban J connectivity index is 1.99. The normalized spacial score (nSPS) is 20.6. The predicted molar refractivity (Wildman–Crippen MR) is 62.5 cm³/mol. The highest BCUT2D eigenvalue weighted by atomic mass is 16.2. The molecular formula is C13H14N2O2. The molecule has 2 amide bonds. The van der Waals surface area contributed by atoms with Crippen LogP contribution in [0.5, 0.6) is 0 Å². The molecule has 1 saturated carbocycles. The molecule has 1 aromatic carbocycles. The van der Waals surface area contributed by atoms with Crippen LogP contribution in [-0.2, 0) is 0 Å². The van der Waals surface area contributed by atoms with Crippen molar-refractivity contribution in [2.75, 3.05) is 6.54 Å². The van der Waals surface area contributed by atoms with E-state index in [1.165, 1.54) is 4.90 Å². The van der Waals surface area contributed by atoms with Crippen molar-refractivity contribution in [3.63, 3.8) is 0 Å². The van der Waals surface area contributed by atoms with Gasteiger partial charge in [-0.3, -0.25) is 14.5 Å². The Morgan fingerprint density at radius 3 is 2.12 bits per heavy atom. The third-order valence-electron chi connectivity index (χ3n) is 3.56. The van der Waals surface area contributed by atoms with Gasteiger partial charge in [-0.1, -0.05) is 12.1 Å². The number of carbonyl (C=O) groups is 2. The molecule has 1 heterocycles. The summed E-state index contributed by atoms with van der Waals surface area (Å²) in [4.78, 5) is 25.7. The lowest BCUT2D eigenvalue weighted by Crippen LogP contribution is -2.45. The minimum atomic E-state index is -0.187. The fourth-order valence-corrected chi connectivity index (χ4v) is 2.50. The molecule has 3 rings (SSSR count). The maximum Gasteiger partial charge on any atom is 0.261 e. The average molecular weight is 230 g/mol. The van der Waals surface area contributed by atoms with Crippen molar-refractivity contribution in [1.29, 1.82) is 0 Å². The van der Waals surface area contributed by atoms with Crippen LogP contribution in [0.15, 0.2) is 24.3 Å². The molecular weight excluding hydrogens is 216 g/mol. The van der Waals surface area contributed by atoms with Crippen LogP contribution in [0.25, 0.3) is 0 Å². The molecule has 0 radical (unpaired) electrons. The Morgan fingerprint density at radius 1 is 1.18 bits per heavy atom. The summed E-state index contributed by atoms with van der Waals surface area (Å²) < 4.78 is 0. The summed E-state index contributed by atoms with van der Waals surface area (Å²) in [6.45, 7) is 0.357. The highest BCUT2D eigenvalue weighted by molar-refractivity contribution is 6.21. The van der Waals surface area contributed by atoms with Crippen LogP contribution in [0.4, 0.5) is 0 Å². The number of imide groups is 1. The molecule has 1 aliphatic carbocycles. The quantitative estimate of drug-likeness (QED) is 0.788. The molecule has 2 N–H and O–H groups in total. The second-order valence-electron chi connectivity index (χ2n) is 4.67. The first-order chi connectivity index (χ1) is 8.24. The van der Waals surface area contributed by atoms with E-state index in [4.69, 9.17) is 5.73 Å². The van der Waals surface area contributed by atoms with Gasteiger partial charge >= 0.3 is 0 Å². The van der Waals surface area contributed by atoms with Crippen LogP contribution < -0.4 is 5.73 Å². The summed E-state index contributed by atoms with van der Waals surface area (Å²) in [7, 11) is 0. The standard InChI is InChI=1S/C13H14N2O2/c14-7-11(8-5-6-8)15-12(16)9-3-1-2-4-10(9)13(15)17/h1-4,8,11H,5-7,14H2. The molecule has 2 aliphatic rings. The zero-order valence-corrected chi connectivity index (χ0v) is 9.43. The van der Waals surface area contributed by atoms with Crippen molar-refractivity contribution < 1.29 is 9.59 Å². The van der Waals surface area contributed by atoms with Gasteiger partial charge in [-0.15, -0.1) is 0 Å². The Hall–Kier alpha value is -1.68. The van der Waals surface area contributed by atoms with Crippen LogP contribution in [0.2, 0.25) is 0 Å². The smallest absolute Gasteiger partial charge is 0.261 e. The van der Waals surface area contributed by atoms with Crippen LogP contribution in [0.3, 0.4) is 0 Å². The predicted octanol–water partition coefficient (Wildman–Crippen LogP) is 1.02. The lowest BCUT2D eigenvalue weighted by atomic mass is 10.1. The number of fused-ring (bicyclic) bond motifs is 1. The first kappa shape index (κ1) is 10.5. The summed E-state index contributed by atoms with van der Waals surface area (Å²) in [5.74, 6) is 0.0307. The molecule has 0 saturated heterocycles. The number of nitrogens with two attached hydrogens (primary N) is 1. The number of nitrogens with zero attached hydrogens (tertiary/aromatic N) is 1. The van der Waals surface area contributed by atoms with E-state index in [2.05, 4.69) is 0 Å². The van der Waals surface area contributed by atoms with E-state index in [1.54, 1.807) is 24.3 Å². The molecule has 1 unspecified atom stereocenters. The van der Waals surface area contributed by atoms with Crippen LogP contribution in [-0.4, -0.2) is 29.3 Å². The van der Waals surface area contributed by atoms with Crippen molar-refractivity contribution in [3.05, 3.63) is 35.4 Å². The van der Waals surface area contributed by atoms with Gasteiger partial charge in [-0.25, -0.2) is 0 Å². The van der Waals surface area contributed by atoms with E-state index < -0.39 is 0 Å². The Kier molecular flexibility index (Phi) is 2.26. The third-order valence-corrected chi connectivity index (χ3v) is 3.56. The maximum atomic E-state index is 12.2. The molecule has 4 heteroatoms. The van der Waals surface area contributed by atoms with E-state index in [0.29, 0.717) is 23.6 Å². The van der Waals surface area contributed by atoms with Crippen LogP contribution >= 0.6 is 0 Å². The van der Waals surface area contributed by atoms with E-state index in [0.717, 1.165) is 12.8 Å². The van der Waals surface area contributed by atoms with Crippen molar-refractivity contribution in [3.8, 4) is 0 Å². The van der Waals surface area contributed by atoms with E-state index in [1.807, 2.05) is 0 Å². The molecule has 88 valence electrons. The summed E-state index contributed by atoms with van der Waals surface area (Å²) in [6, 6.07) is 6.85. The number of carbonyl (C=O) groups excluding carboxylic acids is 2. The van der Waals surface area contributed by atoms with Gasteiger partial charge < -0.3 is 5.73 Å². The van der Waals surface area contributed by atoms with Gasteiger partial charge in [-0.2, -0.15) is 0 Å². The molecule has 1 fully saturated rings. The Labute approximate surface area is 99.4 Å². The first-order valence-electron chi connectivity index (χ1n) is 5.91. The number of rotatable bonds is 3. The molecule has 1 aromatic rings. The van der Waals surface area contributed by atoms with Crippen molar-refractivity contribution in [2.24, 2.45) is 11.7 Å². The summed E-state index contributed by atoms with van der Waals surface area (Å²) >= 11 is 0. The SMILES string of the molecule is NCC(C1CC1)N1C(=O)c2ccccc2C1=O. The molecule has 4 nitrogen and oxygen atoms in total. The van der Waals surface area contributed by atoms with Crippen LogP contribution in [0, 0.1) is 5.92 Å². The third kappa shape index (κ3) is 1.48. The fourth-order valence-electron chi connectivity index (χ4n) is 2.50. The second kappa shape index (κ2) is 3.67. The molecule has 0 spiro atoms. The number of amides is 2.